The van der Waals surface area contributed by atoms with Crippen molar-refractivity contribution in [1.29, 1.82) is 0 Å². The Morgan fingerprint density at radius 3 is 2.69 bits per heavy atom. The number of hydrogen-bond donors (Lipinski definition) is 2. The van der Waals surface area contributed by atoms with Crippen molar-refractivity contribution in [2.45, 2.75) is 27.2 Å². The molecule has 6 aromatic rings. The normalized spacial score (nSPS) is 11.5. The fourth-order valence-corrected chi connectivity index (χ4v) is 5.34. The number of imidazole rings is 1. The molecule has 0 aliphatic rings. The summed E-state index contributed by atoms with van der Waals surface area (Å²) < 4.78 is 1.74. The van der Waals surface area contributed by atoms with Gasteiger partial charge in [0.2, 0.25) is 5.91 Å². The van der Waals surface area contributed by atoms with E-state index in [1.165, 1.54) is 11.3 Å². The topological polar surface area (TPSA) is 131 Å². The van der Waals surface area contributed by atoms with Crippen LogP contribution in [0.1, 0.15) is 36.9 Å². The minimum Gasteiger partial charge on any atom is -0.335 e. The first-order chi connectivity index (χ1) is 18.9. The average Bonchev–Trinajstić information content (AvgIpc) is 3.65. The number of anilines is 1. The number of ketones is 1. The van der Waals surface area contributed by atoms with Crippen LogP contribution in [-0.4, -0.2) is 46.4 Å². The molecular formula is C28H24N8O2S. The van der Waals surface area contributed by atoms with E-state index >= 15 is 0 Å². The number of amides is 1. The van der Waals surface area contributed by atoms with E-state index in [-0.39, 0.29) is 17.6 Å². The molecule has 6 aromatic heterocycles. The van der Waals surface area contributed by atoms with Crippen LogP contribution in [0.3, 0.4) is 0 Å². The van der Waals surface area contributed by atoms with E-state index in [2.05, 4.69) is 25.3 Å². The fraction of sp³-hybridized carbons (Fsp3) is 0.179. The average molecular weight is 537 g/mol. The van der Waals surface area contributed by atoms with Gasteiger partial charge in [-0.2, -0.15) is 5.10 Å². The number of thiophene rings is 1. The highest BCUT2D eigenvalue weighted by Gasteiger charge is 2.19. The number of H-pyrrole nitrogens is 1. The van der Waals surface area contributed by atoms with Crippen LogP contribution in [-0.2, 0) is 4.79 Å². The molecule has 10 nitrogen and oxygen atoms in total. The Kier molecular flexibility index (Phi) is 6.20. The van der Waals surface area contributed by atoms with Gasteiger partial charge in [-0.05, 0) is 37.1 Å². The molecule has 39 heavy (non-hydrogen) atoms. The molecule has 2 N–H and O–H groups in total. The van der Waals surface area contributed by atoms with E-state index in [0.29, 0.717) is 34.2 Å². The minimum atomic E-state index is -0.0653. The monoisotopic (exact) mass is 536 g/mol. The van der Waals surface area contributed by atoms with Crippen LogP contribution < -0.4 is 5.32 Å². The zero-order valence-corrected chi connectivity index (χ0v) is 22.3. The van der Waals surface area contributed by atoms with Crippen LogP contribution in [0.4, 0.5) is 5.69 Å². The van der Waals surface area contributed by atoms with Crippen molar-refractivity contribution < 1.29 is 9.59 Å². The maximum atomic E-state index is 12.3. The van der Waals surface area contributed by atoms with Gasteiger partial charge in [-0.15, -0.1) is 11.3 Å². The van der Waals surface area contributed by atoms with E-state index in [0.717, 1.165) is 32.4 Å². The lowest BCUT2D eigenvalue weighted by Crippen LogP contribution is -2.14. The van der Waals surface area contributed by atoms with E-state index < -0.39 is 0 Å². The molecule has 194 valence electrons. The molecule has 0 unspecified atom stereocenters. The van der Waals surface area contributed by atoms with E-state index in [4.69, 9.17) is 10.1 Å². The Hall–Kier alpha value is -4.77. The molecule has 0 aliphatic heterocycles. The van der Waals surface area contributed by atoms with Crippen molar-refractivity contribution in [3.8, 4) is 27.6 Å². The van der Waals surface area contributed by atoms with Gasteiger partial charge in [-0.1, -0.05) is 13.8 Å². The smallest absolute Gasteiger partial charge is 0.224 e. The summed E-state index contributed by atoms with van der Waals surface area (Å²) in [5.74, 6) is 0.787. The fourth-order valence-electron chi connectivity index (χ4n) is 4.43. The molecule has 0 atom stereocenters. The molecule has 0 fully saturated rings. The number of rotatable bonds is 7. The Bertz CT molecular complexity index is 1870. The predicted octanol–water partition coefficient (Wildman–Crippen LogP) is 5.67. The molecule has 0 radical (unpaired) electrons. The molecule has 1 amide bonds. The number of nitrogens with zero attached hydrogens (tertiary/aromatic N) is 6. The quantitative estimate of drug-likeness (QED) is 0.251. The van der Waals surface area contributed by atoms with Crippen molar-refractivity contribution in [1.82, 2.24) is 34.7 Å². The number of hydrogen-bond acceptors (Lipinski definition) is 8. The molecular weight excluding hydrogens is 512 g/mol. The molecule has 0 spiro atoms. The predicted molar refractivity (Wildman–Crippen MR) is 151 cm³/mol. The van der Waals surface area contributed by atoms with Gasteiger partial charge in [0.1, 0.15) is 11.2 Å². The lowest BCUT2D eigenvalue weighted by molar-refractivity contribution is -0.116. The van der Waals surface area contributed by atoms with Crippen molar-refractivity contribution >= 4 is 50.7 Å². The molecule has 0 aromatic carbocycles. The number of pyridine rings is 3. The standard InChI is InChI=1S/C28H24N8O2S/c1-15(2)8-25(38)32-17-9-18(11-30-10-17)36-22-14-29-7-6-19(22)27(35-36)28-33-21-13-31-12-20(26(21)34-28)24-5-4-23(39-24)16(3)37/h4-7,9-15H,8H2,1-3H3,(H,32,38)(H,33,34). The SMILES string of the molecule is CC(=O)c1ccc(-c2cncc3[nH]c(-c4nn(-c5cncc(NC(=O)CC(C)C)c5)c5cnccc45)nc23)s1. The molecule has 6 heterocycles. The van der Waals surface area contributed by atoms with Gasteiger partial charge < -0.3 is 10.3 Å². The van der Waals surface area contributed by atoms with Crippen LogP contribution in [0, 0.1) is 5.92 Å². The summed E-state index contributed by atoms with van der Waals surface area (Å²) in [5.41, 5.74) is 5.01. The highest BCUT2D eigenvalue weighted by Crippen LogP contribution is 2.35. The second-order valence-corrected chi connectivity index (χ2v) is 10.7. The second kappa shape index (κ2) is 9.84. The summed E-state index contributed by atoms with van der Waals surface area (Å²) in [6.45, 7) is 5.56. The number of nitrogens with one attached hydrogen (secondary N) is 2. The number of carbonyl (C=O) groups is 2. The van der Waals surface area contributed by atoms with Gasteiger partial charge >= 0.3 is 0 Å². The van der Waals surface area contributed by atoms with E-state index in [1.807, 2.05) is 38.1 Å². The zero-order chi connectivity index (χ0) is 27.1. The van der Waals surface area contributed by atoms with Gasteiger partial charge in [-0.3, -0.25) is 24.5 Å². The van der Waals surface area contributed by atoms with Crippen molar-refractivity contribution in [3.05, 3.63) is 66.3 Å². The molecule has 0 aliphatic carbocycles. The van der Waals surface area contributed by atoms with Crippen LogP contribution in [0.5, 0.6) is 0 Å². The summed E-state index contributed by atoms with van der Waals surface area (Å²) in [7, 11) is 0. The van der Waals surface area contributed by atoms with Gasteiger partial charge in [-0.25, -0.2) is 9.67 Å². The Labute approximate surface area is 227 Å². The van der Waals surface area contributed by atoms with E-state index in [9.17, 15) is 9.59 Å². The highest BCUT2D eigenvalue weighted by molar-refractivity contribution is 7.17. The summed E-state index contributed by atoms with van der Waals surface area (Å²) >= 11 is 1.42. The molecule has 0 bridgehead atoms. The zero-order valence-electron chi connectivity index (χ0n) is 21.5. The summed E-state index contributed by atoms with van der Waals surface area (Å²) in [6, 6.07) is 7.46. The highest BCUT2D eigenvalue weighted by atomic mass is 32.1. The second-order valence-electron chi connectivity index (χ2n) is 9.62. The van der Waals surface area contributed by atoms with Crippen LogP contribution in [0.15, 0.2) is 61.4 Å². The van der Waals surface area contributed by atoms with Crippen molar-refractivity contribution in [3.63, 3.8) is 0 Å². The third kappa shape index (κ3) is 4.68. The third-order valence-corrected chi connectivity index (χ3v) is 7.39. The summed E-state index contributed by atoms with van der Waals surface area (Å²) in [4.78, 5) is 47.0. The van der Waals surface area contributed by atoms with Crippen LogP contribution >= 0.6 is 11.3 Å². The first kappa shape index (κ1) is 24.6. The third-order valence-electron chi connectivity index (χ3n) is 6.17. The Morgan fingerprint density at radius 2 is 1.90 bits per heavy atom. The lowest BCUT2D eigenvalue weighted by Gasteiger charge is -2.09. The number of aromatic nitrogens is 7. The molecule has 0 saturated carbocycles. The van der Waals surface area contributed by atoms with Crippen molar-refractivity contribution in [2.75, 3.05) is 5.32 Å². The van der Waals surface area contributed by atoms with Gasteiger partial charge in [0, 0.05) is 34.6 Å². The number of aromatic amines is 1. The lowest BCUT2D eigenvalue weighted by atomic mass is 10.1. The van der Waals surface area contributed by atoms with Crippen LogP contribution in [0.2, 0.25) is 0 Å². The van der Waals surface area contributed by atoms with Gasteiger partial charge in [0.15, 0.2) is 11.6 Å². The summed E-state index contributed by atoms with van der Waals surface area (Å²) in [6.07, 6.45) is 10.7. The maximum absolute atomic E-state index is 12.3. The maximum Gasteiger partial charge on any atom is 0.224 e. The number of carbonyl (C=O) groups excluding carboxylic acids is 2. The van der Waals surface area contributed by atoms with Gasteiger partial charge in [0.05, 0.1) is 52.1 Å². The molecule has 11 heteroatoms. The summed E-state index contributed by atoms with van der Waals surface area (Å²) in [5, 5.41) is 8.66. The minimum absolute atomic E-state index is 0.0257. The van der Waals surface area contributed by atoms with Crippen molar-refractivity contribution in [2.24, 2.45) is 5.92 Å². The molecule has 0 saturated heterocycles. The molecule has 6 rings (SSSR count). The Morgan fingerprint density at radius 1 is 1.05 bits per heavy atom. The van der Waals surface area contributed by atoms with Crippen LogP contribution in [0.25, 0.3) is 49.6 Å². The number of fused-ring (bicyclic) bond motifs is 2. The number of Topliss-reactive ketones (excluding diaryl/α,β-unsaturated/α-hetero) is 1. The van der Waals surface area contributed by atoms with E-state index in [1.54, 1.807) is 48.8 Å². The Balaban J connectivity index is 1.43. The largest absolute Gasteiger partial charge is 0.335 e. The van der Waals surface area contributed by atoms with Gasteiger partial charge in [0.25, 0.3) is 0 Å². The first-order valence-electron chi connectivity index (χ1n) is 12.4. The first-order valence-corrected chi connectivity index (χ1v) is 13.2.